The molecule has 9 nitrogen and oxygen atoms in total. The summed E-state index contributed by atoms with van der Waals surface area (Å²) in [5.74, 6) is -2.01. The number of ether oxygens (including phenoxy) is 4. The predicted octanol–water partition coefficient (Wildman–Crippen LogP) is 23.7. The molecule has 0 aromatic heterocycles. The summed E-state index contributed by atoms with van der Waals surface area (Å²) in [5.41, 5.74) is 0. The summed E-state index contributed by atoms with van der Waals surface area (Å²) in [5, 5.41) is 9.76. The van der Waals surface area contributed by atoms with Crippen LogP contribution in [0.2, 0.25) is 0 Å². The Balaban J connectivity index is 4.05. The number of rotatable bonds is 68. The number of carbonyl (C=O) groups excluding carboxylic acids is 2. The van der Waals surface area contributed by atoms with Gasteiger partial charge in [0.05, 0.1) is 34.4 Å². The maximum atomic E-state index is 13.0. The molecule has 0 rings (SSSR count). The van der Waals surface area contributed by atoms with Crippen LogP contribution in [-0.4, -0.2) is 87.4 Å². The summed E-state index contributed by atoms with van der Waals surface area (Å²) in [6.45, 7) is 4.66. The molecule has 2 unspecified atom stereocenters. The third kappa shape index (κ3) is 72.7. The molecular formula is C82H140NO8+. The van der Waals surface area contributed by atoms with Gasteiger partial charge in [0.2, 0.25) is 0 Å². The number of quaternary nitrogens is 1. The second kappa shape index (κ2) is 71.3. The summed E-state index contributed by atoms with van der Waals surface area (Å²) >= 11 is 0. The Bertz CT molecular complexity index is 1960. The Morgan fingerprint density at radius 2 is 0.593 bits per heavy atom. The standard InChI is InChI=1S/C82H139NO8/c1-6-8-10-12-14-16-18-20-22-24-26-28-30-32-34-35-36-37-38-39-40-41-42-43-44-45-47-48-50-52-54-56-58-60-62-64-66-68-70-72-79(84)89-76-78(77-90-82(81(86)87)88-75-74-83(3,4)5)91-80(85)73-71-69-67-65-63-61-59-57-55-53-51-49-46-33-31-29-27-25-23-21-19-17-15-13-11-9-7-2/h8-11,14-17,20-23,26-29,32-34,46,51,53,78,82H,6-7,12-13,18-19,24-25,30-31,35-45,47-50,52,54-77H2,1-5H3/p+1/b10-8-,11-9-,16-14-,17-15-,22-20-,23-21-,28-26-,29-27-,34-32-,46-33-,53-51-. The van der Waals surface area contributed by atoms with Crippen LogP contribution < -0.4 is 0 Å². The third-order valence-electron chi connectivity index (χ3n) is 15.9. The number of hydrogen-bond donors (Lipinski definition) is 1. The molecule has 0 fully saturated rings. The molecule has 0 aliphatic carbocycles. The van der Waals surface area contributed by atoms with Crippen LogP contribution in [0.5, 0.6) is 0 Å². The number of carboxylic acids is 1. The number of carbonyl (C=O) groups is 3. The lowest BCUT2D eigenvalue weighted by Gasteiger charge is -2.25. The van der Waals surface area contributed by atoms with Gasteiger partial charge in [-0.05, 0) is 109 Å². The van der Waals surface area contributed by atoms with E-state index in [9.17, 15) is 19.5 Å². The molecule has 1 N–H and O–H groups in total. The van der Waals surface area contributed by atoms with Crippen LogP contribution in [-0.2, 0) is 33.3 Å². The molecule has 0 aromatic rings. The van der Waals surface area contributed by atoms with Crippen molar-refractivity contribution in [2.75, 3.05) is 47.5 Å². The van der Waals surface area contributed by atoms with Crippen molar-refractivity contribution >= 4 is 17.9 Å². The van der Waals surface area contributed by atoms with Crippen LogP contribution in [0.25, 0.3) is 0 Å². The van der Waals surface area contributed by atoms with Crippen molar-refractivity contribution in [3.63, 3.8) is 0 Å². The highest BCUT2D eigenvalue weighted by Crippen LogP contribution is 2.18. The van der Waals surface area contributed by atoms with Crippen LogP contribution in [0.4, 0.5) is 0 Å². The zero-order valence-electron chi connectivity index (χ0n) is 59.5. The average molecular weight is 1270 g/mol. The smallest absolute Gasteiger partial charge is 0.361 e. The maximum absolute atomic E-state index is 13.0. The Morgan fingerprint density at radius 1 is 0.330 bits per heavy atom. The lowest BCUT2D eigenvalue weighted by molar-refractivity contribution is -0.870. The second-order valence-corrected chi connectivity index (χ2v) is 25.8. The third-order valence-corrected chi connectivity index (χ3v) is 15.9. The normalized spacial score (nSPS) is 13.5. The van der Waals surface area contributed by atoms with E-state index < -0.39 is 24.3 Å². The van der Waals surface area contributed by atoms with Crippen molar-refractivity contribution in [1.82, 2.24) is 0 Å². The summed E-state index contributed by atoms with van der Waals surface area (Å²) in [6.07, 6.45) is 100. The first-order valence-corrected chi connectivity index (χ1v) is 37.3. The molecule has 2 atom stereocenters. The first-order chi connectivity index (χ1) is 44.6. The minimum absolute atomic E-state index is 0.182. The number of allylic oxidation sites excluding steroid dienone is 22. The van der Waals surface area contributed by atoms with E-state index in [0.717, 1.165) is 116 Å². The van der Waals surface area contributed by atoms with Gasteiger partial charge in [-0.3, -0.25) is 9.59 Å². The molecule has 0 aliphatic heterocycles. The Morgan fingerprint density at radius 3 is 0.879 bits per heavy atom. The SMILES string of the molecule is CC/C=C\C/C=C\C/C=C\C/C=C\C/C=C\C/C=C\CCCCCCCCCCC(=O)OC(COC(=O)CCCCCCCCCCCCCCCCCCCCCCCCC/C=C\C/C=C\C/C=C\C/C=C\C/C=C\CC)COC(OCC[N+](C)(C)C)C(=O)O. The Labute approximate surface area is 560 Å². The van der Waals surface area contributed by atoms with Gasteiger partial charge in [0.15, 0.2) is 6.10 Å². The molecule has 0 aromatic carbocycles. The van der Waals surface area contributed by atoms with Gasteiger partial charge in [-0.15, -0.1) is 0 Å². The van der Waals surface area contributed by atoms with Crippen molar-refractivity contribution in [3.05, 3.63) is 134 Å². The molecule has 9 heteroatoms. The molecule has 0 saturated heterocycles. The van der Waals surface area contributed by atoms with Crippen molar-refractivity contribution in [1.29, 1.82) is 0 Å². The van der Waals surface area contributed by atoms with Gasteiger partial charge in [0, 0.05) is 12.8 Å². The largest absolute Gasteiger partial charge is 0.477 e. The lowest BCUT2D eigenvalue weighted by Crippen LogP contribution is -2.40. The molecule has 520 valence electrons. The lowest BCUT2D eigenvalue weighted by atomic mass is 10.0. The molecule has 91 heavy (non-hydrogen) atoms. The van der Waals surface area contributed by atoms with Gasteiger partial charge in [0.25, 0.3) is 6.29 Å². The van der Waals surface area contributed by atoms with Crippen LogP contribution in [0.3, 0.4) is 0 Å². The number of nitrogens with zero attached hydrogens (tertiary/aromatic N) is 1. The minimum atomic E-state index is -1.52. The van der Waals surface area contributed by atoms with E-state index in [4.69, 9.17) is 18.9 Å². The molecular weight excluding hydrogens is 1130 g/mol. The number of esters is 2. The van der Waals surface area contributed by atoms with E-state index in [2.05, 4.69) is 148 Å². The van der Waals surface area contributed by atoms with Gasteiger partial charge in [-0.2, -0.15) is 0 Å². The number of hydrogen-bond acceptors (Lipinski definition) is 7. The van der Waals surface area contributed by atoms with Crippen molar-refractivity contribution < 1.29 is 42.9 Å². The summed E-state index contributed by atoms with van der Waals surface area (Å²) in [6, 6.07) is 0. The van der Waals surface area contributed by atoms with E-state index in [-0.39, 0.29) is 32.2 Å². The van der Waals surface area contributed by atoms with Crippen molar-refractivity contribution in [2.24, 2.45) is 0 Å². The highest BCUT2D eigenvalue weighted by molar-refractivity contribution is 5.71. The minimum Gasteiger partial charge on any atom is -0.477 e. The van der Waals surface area contributed by atoms with Crippen LogP contribution in [0.1, 0.15) is 309 Å². The quantitative estimate of drug-likeness (QED) is 0.0211. The van der Waals surface area contributed by atoms with Gasteiger partial charge in [-0.25, -0.2) is 4.79 Å². The van der Waals surface area contributed by atoms with Gasteiger partial charge < -0.3 is 28.5 Å². The molecule has 0 spiro atoms. The zero-order valence-corrected chi connectivity index (χ0v) is 59.5. The molecule has 0 heterocycles. The van der Waals surface area contributed by atoms with Crippen LogP contribution in [0, 0.1) is 0 Å². The second-order valence-electron chi connectivity index (χ2n) is 25.8. The number of unbranched alkanes of at least 4 members (excludes halogenated alkanes) is 31. The van der Waals surface area contributed by atoms with Crippen LogP contribution in [0.15, 0.2) is 134 Å². The van der Waals surface area contributed by atoms with Gasteiger partial charge >= 0.3 is 17.9 Å². The predicted molar refractivity (Wildman–Crippen MR) is 391 cm³/mol. The fourth-order valence-electron chi connectivity index (χ4n) is 10.3. The van der Waals surface area contributed by atoms with Crippen LogP contribution >= 0.6 is 0 Å². The average Bonchev–Trinajstić information content (AvgIpc) is 3.46. The van der Waals surface area contributed by atoms with Gasteiger partial charge in [-0.1, -0.05) is 321 Å². The molecule has 0 aliphatic rings. The Hall–Kier alpha value is -4.57. The first kappa shape index (κ1) is 86.4. The summed E-state index contributed by atoms with van der Waals surface area (Å²) < 4.78 is 23.0. The molecule has 0 bridgehead atoms. The van der Waals surface area contributed by atoms with E-state index in [1.807, 2.05) is 21.1 Å². The highest BCUT2D eigenvalue weighted by atomic mass is 16.7. The maximum Gasteiger partial charge on any atom is 0.361 e. The number of carboxylic acid groups (broad SMARTS) is 1. The highest BCUT2D eigenvalue weighted by Gasteiger charge is 2.25. The van der Waals surface area contributed by atoms with E-state index in [0.29, 0.717) is 23.9 Å². The fraction of sp³-hybridized carbons (Fsp3) is 0.695. The fourth-order valence-corrected chi connectivity index (χ4v) is 10.3. The van der Waals surface area contributed by atoms with E-state index in [1.165, 1.54) is 161 Å². The summed E-state index contributed by atoms with van der Waals surface area (Å²) in [7, 11) is 5.97. The molecule has 0 radical (unpaired) electrons. The van der Waals surface area contributed by atoms with E-state index in [1.54, 1.807) is 0 Å². The monoisotopic (exact) mass is 1270 g/mol. The number of likely N-dealkylation sites (N-methyl/N-ethyl adjacent to an activating group) is 1. The molecule has 0 amide bonds. The zero-order chi connectivity index (χ0) is 66.1. The van der Waals surface area contributed by atoms with Gasteiger partial charge in [0.1, 0.15) is 13.2 Å². The first-order valence-electron chi connectivity index (χ1n) is 37.3. The number of aliphatic carboxylic acids is 1. The topological polar surface area (TPSA) is 108 Å². The molecule has 0 saturated carbocycles. The van der Waals surface area contributed by atoms with Crippen molar-refractivity contribution in [2.45, 2.75) is 322 Å². The van der Waals surface area contributed by atoms with Crippen molar-refractivity contribution in [3.8, 4) is 0 Å². The Kier molecular flexibility index (Phi) is 67.7. The summed E-state index contributed by atoms with van der Waals surface area (Å²) in [4.78, 5) is 37.7. The van der Waals surface area contributed by atoms with E-state index >= 15 is 0 Å².